The fourth-order valence-corrected chi connectivity index (χ4v) is 3.31. The largest absolute Gasteiger partial charge is 0.449 e. The van der Waals surface area contributed by atoms with Crippen LogP contribution in [0.4, 0.5) is 11.4 Å². The van der Waals surface area contributed by atoms with E-state index in [4.69, 9.17) is 4.74 Å². The number of nitrogens with one attached hydrogen (secondary N) is 2. The topological polar surface area (TPSA) is 89.4 Å². The molecule has 0 aliphatic rings. The average Bonchev–Trinajstić information content (AvgIpc) is 3.03. The van der Waals surface area contributed by atoms with E-state index in [-0.39, 0.29) is 5.91 Å². The second kappa shape index (κ2) is 9.30. The number of ether oxygens (including phenoxy) is 1. The molecule has 0 saturated carbocycles. The molecule has 3 aromatic rings. The summed E-state index contributed by atoms with van der Waals surface area (Å²) < 4.78 is 7.38. The molecule has 31 heavy (non-hydrogen) atoms. The van der Waals surface area contributed by atoms with Crippen LogP contribution in [0.15, 0.2) is 60.7 Å². The summed E-state index contributed by atoms with van der Waals surface area (Å²) in [5.41, 5.74) is 4.16. The summed E-state index contributed by atoms with van der Waals surface area (Å²) in [5.74, 6) is -1.18. The van der Waals surface area contributed by atoms with Crippen LogP contribution in [0.5, 0.6) is 0 Å². The highest BCUT2D eigenvalue weighted by Crippen LogP contribution is 2.22. The van der Waals surface area contributed by atoms with Crippen molar-refractivity contribution in [2.24, 2.45) is 0 Å². The molecule has 1 heterocycles. The van der Waals surface area contributed by atoms with E-state index in [1.54, 1.807) is 30.3 Å². The number of nitrogens with zero attached hydrogens (tertiary/aromatic N) is 1. The molecule has 7 nitrogen and oxygen atoms in total. The number of rotatable bonds is 6. The highest BCUT2D eigenvalue weighted by Gasteiger charge is 2.23. The molecule has 7 heteroatoms. The maximum absolute atomic E-state index is 12.7. The molecule has 160 valence electrons. The first-order valence-electron chi connectivity index (χ1n) is 9.90. The summed E-state index contributed by atoms with van der Waals surface area (Å²) in [4.78, 5) is 36.3. The maximum atomic E-state index is 12.7. The molecule has 1 aromatic heterocycles. The fraction of sp³-hybridized carbons (Fsp3) is 0.208. The molecule has 0 saturated heterocycles. The quantitative estimate of drug-likeness (QED) is 0.585. The second-order valence-electron chi connectivity index (χ2n) is 7.25. The van der Waals surface area contributed by atoms with Gasteiger partial charge in [0.15, 0.2) is 6.10 Å². The Hall–Kier alpha value is -3.87. The van der Waals surface area contributed by atoms with E-state index in [0.717, 1.165) is 17.1 Å². The number of esters is 1. The van der Waals surface area contributed by atoms with Gasteiger partial charge in [-0.2, -0.15) is 0 Å². The third kappa shape index (κ3) is 5.19. The molecule has 2 aromatic carbocycles. The van der Waals surface area contributed by atoms with Crippen LogP contribution in [0.1, 0.15) is 35.6 Å². The third-order valence-corrected chi connectivity index (χ3v) is 4.79. The molecule has 2 N–H and O–H groups in total. The Bertz CT molecular complexity index is 1100. The van der Waals surface area contributed by atoms with E-state index in [9.17, 15) is 14.4 Å². The van der Waals surface area contributed by atoms with Gasteiger partial charge in [-0.05, 0) is 63.2 Å². The predicted octanol–water partition coefficient (Wildman–Crippen LogP) is 4.24. The molecule has 0 aliphatic heterocycles. The number of hydrogen-bond donors (Lipinski definition) is 2. The van der Waals surface area contributed by atoms with E-state index in [1.807, 2.05) is 48.7 Å². The predicted molar refractivity (Wildman–Crippen MR) is 119 cm³/mol. The first-order valence-corrected chi connectivity index (χ1v) is 9.90. The molecule has 1 atom stereocenters. The molecular weight excluding hydrogens is 394 g/mol. The van der Waals surface area contributed by atoms with Gasteiger partial charge in [-0.25, -0.2) is 4.79 Å². The van der Waals surface area contributed by atoms with Crippen molar-refractivity contribution in [1.82, 2.24) is 4.57 Å². The summed E-state index contributed by atoms with van der Waals surface area (Å²) >= 11 is 0. The second-order valence-corrected chi connectivity index (χ2v) is 7.25. The lowest BCUT2D eigenvalue weighted by molar-refractivity contribution is -0.123. The van der Waals surface area contributed by atoms with Crippen LogP contribution in [0.3, 0.4) is 0 Å². The number of anilines is 2. The van der Waals surface area contributed by atoms with E-state index in [1.165, 1.54) is 13.8 Å². The highest BCUT2D eigenvalue weighted by molar-refractivity contribution is 5.98. The van der Waals surface area contributed by atoms with Crippen LogP contribution in [-0.4, -0.2) is 28.5 Å². The van der Waals surface area contributed by atoms with E-state index in [2.05, 4.69) is 10.6 Å². The van der Waals surface area contributed by atoms with E-state index >= 15 is 0 Å². The van der Waals surface area contributed by atoms with Gasteiger partial charge < -0.3 is 19.9 Å². The number of aromatic nitrogens is 1. The Balaban J connectivity index is 1.66. The van der Waals surface area contributed by atoms with Crippen molar-refractivity contribution >= 4 is 29.2 Å². The third-order valence-electron chi connectivity index (χ3n) is 4.79. The molecule has 3 rings (SSSR count). The van der Waals surface area contributed by atoms with Gasteiger partial charge in [-0.3, -0.25) is 9.59 Å². The van der Waals surface area contributed by atoms with E-state index < -0.39 is 18.0 Å². The minimum atomic E-state index is -0.984. The van der Waals surface area contributed by atoms with Crippen LogP contribution < -0.4 is 10.6 Å². The Labute approximate surface area is 181 Å². The van der Waals surface area contributed by atoms with Gasteiger partial charge in [0.2, 0.25) is 5.91 Å². The van der Waals surface area contributed by atoms with Crippen molar-refractivity contribution < 1.29 is 19.1 Å². The monoisotopic (exact) mass is 419 g/mol. The Kier molecular flexibility index (Phi) is 6.55. The Morgan fingerprint density at radius 3 is 2.06 bits per heavy atom. The number of carbonyl (C=O) groups is 3. The average molecular weight is 419 g/mol. The number of aryl methyl sites for hydroxylation is 1. The van der Waals surface area contributed by atoms with Crippen LogP contribution in [0.25, 0.3) is 5.69 Å². The van der Waals surface area contributed by atoms with Gasteiger partial charge in [-0.15, -0.1) is 0 Å². The molecule has 2 amide bonds. The molecule has 0 bridgehead atoms. The van der Waals surface area contributed by atoms with Crippen molar-refractivity contribution in [3.8, 4) is 5.69 Å². The van der Waals surface area contributed by atoms with Crippen molar-refractivity contribution in [3.63, 3.8) is 0 Å². The zero-order valence-corrected chi connectivity index (χ0v) is 17.9. The summed E-state index contributed by atoms with van der Waals surface area (Å²) in [6.45, 7) is 6.70. The normalized spacial score (nSPS) is 11.5. The van der Waals surface area contributed by atoms with Crippen molar-refractivity contribution in [2.45, 2.75) is 33.8 Å². The summed E-state index contributed by atoms with van der Waals surface area (Å²) in [6.07, 6.45) is -0.984. The maximum Gasteiger partial charge on any atom is 0.340 e. The summed E-state index contributed by atoms with van der Waals surface area (Å²) in [6, 6.07) is 18.1. The molecule has 0 aliphatic carbocycles. The van der Waals surface area contributed by atoms with Gasteiger partial charge in [0.05, 0.1) is 5.56 Å². The lowest BCUT2D eigenvalue weighted by atomic mass is 10.2. The first-order chi connectivity index (χ1) is 14.8. The Morgan fingerprint density at radius 2 is 1.48 bits per heavy atom. The van der Waals surface area contributed by atoms with Gasteiger partial charge in [-0.1, -0.05) is 18.2 Å². The van der Waals surface area contributed by atoms with Crippen molar-refractivity contribution in [1.29, 1.82) is 0 Å². The van der Waals surface area contributed by atoms with Crippen molar-refractivity contribution in [2.75, 3.05) is 10.6 Å². The van der Waals surface area contributed by atoms with Gasteiger partial charge in [0.25, 0.3) is 5.91 Å². The smallest absolute Gasteiger partial charge is 0.340 e. The number of amides is 2. The van der Waals surface area contributed by atoms with Gasteiger partial charge >= 0.3 is 5.97 Å². The number of benzene rings is 2. The zero-order chi connectivity index (χ0) is 22.5. The minimum absolute atomic E-state index is 0.177. The molecule has 0 fully saturated rings. The fourth-order valence-electron chi connectivity index (χ4n) is 3.31. The van der Waals surface area contributed by atoms with Crippen molar-refractivity contribution in [3.05, 3.63) is 77.6 Å². The van der Waals surface area contributed by atoms with Gasteiger partial charge in [0, 0.05) is 35.4 Å². The summed E-state index contributed by atoms with van der Waals surface area (Å²) in [5, 5.41) is 5.35. The molecule has 0 radical (unpaired) electrons. The lowest BCUT2D eigenvalue weighted by Crippen LogP contribution is -2.30. The van der Waals surface area contributed by atoms with Gasteiger partial charge in [0.1, 0.15) is 0 Å². The minimum Gasteiger partial charge on any atom is -0.449 e. The Morgan fingerprint density at radius 1 is 0.903 bits per heavy atom. The lowest BCUT2D eigenvalue weighted by Gasteiger charge is -2.14. The van der Waals surface area contributed by atoms with Crippen LogP contribution >= 0.6 is 0 Å². The highest BCUT2D eigenvalue weighted by atomic mass is 16.5. The molecular formula is C24H25N3O4. The summed E-state index contributed by atoms with van der Waals surface area (Å²) in [7, 11) is 0. The first kappa shape index (κ1) is 21.8. The van der Waals surface area contributed by atoms with E-state index in [0.29, 0.717) is 16.9 Å². The SMILES string of the molecule is CC(=O)Nc1ccc(NC(=O)C(C)OC(=O)c2cc(C)n(-c3ccccc3)c2C)cc1. The number of hydrogen-bond acceptors (Lipinski definition) is 4. The van der Waals surface area contributed by atoms with Crippen LogP contribution in [-0.2, 0) is 14.3 Å². The van der Waals surface area contributed by atoms with Crippen LogP contribution in [0, 0.1) is 13.8 Å². The zero-order valence-electron chi connectivity index (χ0n) is 17.9. The molecule has 0 spiro atoms. The number of carbonyl (C=O) groups excluding carboxylic acids is 3. The van der Waals surface area contributed by atoms with Crippen LogP contribution in [0.2, 0.25) is 0 Å². The molecule has 1 unspecified atom stereocenters. The standard InChI is InChI=1S/C24H25N3O4/c1-15-14-22(16(2)27(15)21-8-6-5-7-9-21)24(30)31-17(3)23(29)26-20-12-10-19(11-13-20)25-18(4)28/h5-14,17H,1-4H3,(H,25,28)(H,26,29). The number of para-hydroxylation sites is 1.